The van der Waals surface area contributed by atoms with Gasteiger partial charge in [0.1, 0.15) is 42.7 Å². The summed E-state index contributed by atoms with van der Waals surface area (Å²) < 4.78 is 16.6. The van der Waals surface area contributed by atoms with Crippen LogP contribution in [0.4, 0.5) is 0 Å². The van der Waals surface area contributed by atoms with Crippen molar-refractivity contribution in [3.05, 3.63) is 0 Å². The van der Waals surface area contributed by atoms with Crippen LogP contribution < -0.4 is 5.32 Å². The minimum Gasteiger partial charge on any atom is -0.394 e. The maximum atomic E-state index is 12.0. The molecule has 0 radical (unpaired) electrons. The second-order valence-electron chi connectivity index (χ2n) is 11.3. The van der Waals surface area contributed by atoms with E-state index in [-0.39, 0.29) is 38.3 Å². The van der Waals surface area contributed by atoms with Crippen LogP contribution in [0.2, 0.25) is 0 Å². The molecule has 16 nitrogen and oxygen atoms in total. The van der Waals surface area contributed by atoms with Crippen LogP contribution in [0.3, 0.4) is 0 Å². The van der Waals surface area contributed by atoms with E-state index < -0.39 is 85.6 Å². The largest absolute Gasteiger partial charge is 0.394 e. The molecule has 1 unspecified atom stereocenters. The predicted molar refractivity (Wildman–Crippen MR) is 143 cm³/mol. The van der Waals surface area contributed by atoms with Gasteiger partial charge in [-0.1, -0.05) is 12.8 Å². The summed E-state index contributed by atoms with van der Waals surface area (Å²) in [6.45, 7) is 1.42. The maximum Gasteiger partial charge on any atom is 0.333 e. The molecule has 3 saturated heterocycles. The summed E-state index contributed by atoms with van der Waals surface area (Å²) in [4.78, 5) is 40.1. The third-order valence-corrected chi connectivity index (χ3v) is 8.05. The summed E-state index contributed by atoms with van der Waals surface area (Å²) in [5.41, 5.74) is 0. The maximum absolute atomic E-state index is 12.0. The van der Waals surface area contributed by atoms with E-state index in [9.17, 15) is 50.1 Å². The SMILES string of the molecule is C[C@@H]1O[C@@H](OCCNC(CCCCCC(=O)ON2C(=O)CCC2=O)CC[C@H]2O[C@H](CO)[C@@H](O)[C@H](O)[C@@H]2O)[C@@H](O)[C@H](O)[C@@H]1O. The Bertz CT molecular complexity index is 893. The Labute approximate surface area is 249 Å². The van der Waals surface area contributed by atoms with Crippen molar-refractivity contribution in [3.63, 3.8) is 0 Å². The monoisotopic (exact) mass is 622 g/mol. The molecule has 3 fully saturated rings. The van der Waals surface area contributed by atoms with Gasteiger partial charge in [-0.25, -0.2) is 4.79 Å². The third-order valence-electron chi connectivity index (χ3n) is 8.05. The van der Waals surface area contributed by atoms with E-state index in [1.807, 2.05) is 0 Å². The van der Waals surface area contributed by atoms with Crippen LogP contribution in [0.25, 0.3) is 0 Å². The summed E-state index contributed by atoms with van der Waals surface area (Å²) in [7, 11) is 0. The first kappa shape index (κ1) is 35.6. The minimum atomic E-state index is -1.47. The predicted octanol–water partition coefficient (Wildman–Crippen LogP) is -3.03. The number of imide groups is 1. The van der Waals surface area contributed by atoms with Crippen LogP contribution in [0.15, 0.2) is 0 Å². The highest BCUT2D eigenvalue weighted by molar-refractivity contribution is 6.01. The number of aliphatic hydroxyl groups is 7. The summed E-state index contributed by atoms with van der Waals surface area (Å²) in [5.74, 6) is -1.75. The Morgan fingerprint density at radius 1 is 0.884 bits per heavy atom. The zero-order chi connectivity index (χ0) is 31.7. The standard InChI is InChI=1S/C27H46N2O14/c1-14-21(34)24(37)26(39)27(41-14)40-12-11-28-15(7-8-16-22(35)25(38)23(36)17(13-30)42-16)5-3-2-4-6-20(33)43-29-18(31)9-10-19(29)32/h14-17,21-28,30,34-39H,2-13H2,1H3/t14-,15?,16+,17+,21+,22+,23+,24+,25+,26-,27+/m0/s1. The first-order valence-corrected chi connectivity index (χ1v) is 14.9. The first-order chi connectivity index (χ1) is 20.4. The number of aliphatic hydroxyl groups excluding tert-OH is 7. The van der Waals surface area contributed by atoms with Gasteiger partial charge in [0, 0.05) is 31.8 Å². The quantitative estimate of drug-likeness (QED) is 0.0630. The van der Waals surface area contributed by atoms with Gasteiger partial charge in [0.25, 0.3) is 11.8 Å². The van der Waals surface area contributed by atoms with Gasteiger partial charge in [-0.05, 0) is 32.6 Å². The van der Waals surface area contributed by atoms with Gasteiger partial charge in [0.15, 0.2) is 6.29 Å². The van der Waals surface area contributed by atoms with Crippen molar-refractivity contribution in [2.75, 3.05) is 19.8 Å². The average Bonchev–Trinajstić information content (AvgIpc) is 3.30. The Morgan fingerprint density at radius 2 is 1.53 bits per heavy atom. The van der Waals surface area contributed by atoms with Crippen molar-refractivity contribution in [1.29, 1.82) is 0 Å². The number of ether oxygens (including phenoxy) is 3. The molecule has 0 aromatic rings. The lowest BCUT2D eigenvalue weighted by molar-refractivity contribution is -0.292. The van der Waals surface area contributed by atoms with E-state index in [1.165, 1.54) is 0 Å². The Kier molecular flexibility index (Phi) is 14.1. The van der Waals surface area contributed by atoms with Crippen molar-refractivity contribution in [3.8, 4) is 0 Å². The van der Waals surface area contributed by atoms with Crippen LogP contribution >= 0.6 is 0 Å². The molecule has 0 saturated carbocycles. The van der Waals surface area contributed by atoms with Gasteiger partial charge in [0.05, 0.1) is 25.4 Å². The number of hydrogen-bond acceptors (Lipinski definition) is 15. The Balaban J connectivity index is 1.46. The number of nitrogens with zero attached hydrogens (tertiary/aromatic N) is 1. The molecule has 43 heavy (non-hydrogen) atoms. The van der Waals surface area contributed by atoms with Gasteiger partial charge in [-0.2, -0.15) is 0 Å². The molecule has 2 amide bonds. The Morgan fingerprint density at radius 3 is 2.21 bits per heavy atom. The number of unbranched alkanes of at least 4 members (excludes halogenated alkanes) is 2. The number of hydroxylamine groups is 2. The van der Waals surface area contributed by atoms with Crippen LogP contribution in [0, 0.1) is 0 Å². The second kappa shape index (κ2) is 17.0. The average molecular weight is 623 g/mol. The summed E-state index contributed by atoms with van der Waals surface area (Å²) >= 11 is 0. The van der Waals surface area contributed by atoms with E-state index in [1.54, 1.807) is 6.92 Å². The molecule has 11 atom stereocenters. The molecule has 0 bridgehead atoms. The van der Waals surface area contributed by atoms with Crippen molar-refractivity contribution >= 4 is 17.8 Å². The molecular weight excluding hydrogens is 576 g/mol. The zero-order valence-corrected chi connectivity index (χ0v) is 24.3. The van der Waals surface area contributed by atoms with Crippen molar-refractivity contribution in [2.24, 2.45) is 0 Å². The fraction of sp³-hybridized carbons (Fsp3) is 0.889. The highest BCUT2D eigenvalue weighted by atomic mass is 16.7. The van der Waals surface area contributed by atoms with Crippen molar-refractivity contribution in [1.82, 2.24) is 10.4 Å². The molecule has 0 aliphatic carbocycles. The van der Waals surface area contributed by atoms with Crippen LogP contribution in [-0.2, 0) is 33.4 Å². The van der Waals surface area contributed by atoms with Crippen LogP contribution in [0.5, 0.6) is 0 Å². The first-order valence-electron chi connectivity index (χ1n) is 14.9. The van der Waals surface area contributed by atoms with E-state index in [4.69, 9.17) is 19.0 Å². The molecule has 0 spiro atoms. The van der Waals surface area contributed by atoms with Crippen molar-refractivity contribution in [2.45, 2.75) is 132 Å². The number of carbonyl (C=O) groups excluding carboxylic acids is 3. The summed E-state index contributed by atoms with van der Waals surface area (Å²) in [5, 5.41) is 73.8. The molecule has 3 heterocycles. The molecule has 8 N–H and O–H groups in total. The lowest BCUT2D eigenvalue weighted by atomic mass is 9.91. The number of hydrogen-bond donors (Lipinski definition) is 8. The van der Waals surface area contributed by atoms with E-state index in [2.05, 4.69) is 5.32 Å². The normalized spacial score (nSPS) is 35.8. The minimum absolute atomic E-state index is 0.0210. The second-order valence-corrected chi connectivity index (χ2v) is 11.3. The number of rotatable bonds is 16. The lowest BCUT2D eigenvalue weighted by Crippen LogP contribution is -2.58. The van der Waals surface area contributed by atoms with Gasteiger partial charge in [-0.3, -0.25) is 9.59 Å². The van der Waals surface area contributed by atoms with Gasteiger partial charge in [0.2, 0.25) is 0 Å². The summed E-state index contributed by atoms with van der Waals surface area (Å²) in [6.07, 6.45) is -8.86. The highest BCUT2D eigenvalue weighted by Gasteiger charge is 2.44. The summed E-state index contributed by atoms with van der Waals surface area (Å²) in [6, 6.07) is -0.147. The highest BCUT2D eigenvalue weighted by Crippen LogP contribution is 2.26. The molecule has 3 rings (SSSR count). The molecule has 0 aromatic heterocycles. The third kappa shape index (κ3) is 9.83. The topological polar surface area (TPSA) is 245 Å². The van der Waals surface area contributed by atoms with E-state index in [0.717, 1.165) is 0 Å². The number of amides is 2. The van der Waals surface area contributed by atoms with Gasteiger partial charge < -0.3 is 60.1 Å². The zero-order valence-electron chi connectivity index (χ0n) is 24.3. The molecule has 0 aromatic carbocycles. The van der Waals surface area contributed by atoms with Crippen LogP contribution in [0.1, 0.15) is 64.7 Å². The lowest BCUT2D eigenvalue weighted by Gasteiger charge is -2.40. The molecule has 3 aliphatic rings. The Hall–Kier alpha value is -1.83. The smallest absolute Gasteiger partial charge is 0.333 e. The van der Waals surface area contributed by atoms with Gasteiger partial charge in [-0.15, -0.1) is 5.06 Å². The molecular formula is C27H46N2O14. The van der Waals surface area contributed by atoms with Crippen molar-refractivity contribution < 1.29 is 69.2 Å². The molecule has 16 heteroatoms. The number of nitrogens with one attached hydrogen (secondary N) is 1. The van der Waals surface area contributed by atoms with E-state index in [0.29, 0.717) is 43.7 Å². The van der Waals surface area contributed by atoms with Crippen LogP contribution in [-0.4, -0.2) is 146 Å². The van der Waals surface area contributed by atoms with E-state index >= 15 is 0 Å². The fourth-order valence-corrected chi connectivity index (χ4v) is 5.36. The fourth-order valence-electron chi connectivity index (χ4n) is 5.36. The molecule has 248 valence electrons. The van der Waals surface area contributed by atoms with Gasteiger partial charge >= 0.3 is 5.97 Å². The number of carbonyl (C=O) groups is 3. The molecule has 3 aliphatic heterocycles.